The van der Waals surface area contributed by atoms with Crippen LogP contribution in [0, 0.1) is 0 Å². The topological polar surface area (TPSA) is 24.7 Å². The summed E-state index contributed by atoms with van der Waals surface area (Å²) < 4.78 is 0. The van der Waals surface area contributed by atoms with E-state index in [1.165, 1.54) is 196 Å². The molecule has 2 aromatic carbocycles. The van der Waals surface area contributed by atoms with Crippen molar-refractivity contribution in [2.24, 2.45) is 9.98 Å². The van der Waals surface area contributed by atoms with E-state index in [1.807, 2.05) is 6.21 Å². The largest absolute Gasteiger partial charge is 0.255 e. The van der Waals surface area contributed by atoms with E-state index >= 15 is 0 Å². The van der Waals surface area contributed by atoms with E-state index in [-0.39, 0.29) is 20.4 Å². The van der Waals surface area contributed by atoms with Crippen molar-refractivity contribution in [2.45, 2.75) is 253 Å². The first kappa shape index (κ1) is 54.2. The van der Waals surface area contributed by atoms with Crippen molar-refractivity contribution < 1.29 is 20.4 Å². The Balaban J connectivity index is 0.0000168. The fourth-order valence-corrected chi connectivity index (χ4v) is 8.41. The number of allylic oxidation sites excluding steroid dienone is 2. The summed E-state index contributed by atoms with van der Waals surface area (Å²) in [7, 11) is 0. The van der Waals surface area contributed by atoms with Gasteiger partial charge in [0.1, 0.15) is 0 Å². The molecule has 0 aromatic heterocycles. The number of aryl methyl sites for hydroxylation is 4. The van der Waals surface area contributed by atoms with E-state index in [9.17, 15) is 0 Å². The number of nitrogens with zero attached hydrogens (tertiary/aromatic N) is 2. The summed E-state index contributed by atoms with van der Waals surface area (Å²) >= 11 is 0. The van der Waals surface area contributed by atoms with Gasteiger partial charge in [0.15, 0.2) is 0 Å². The van der Waals surface area contributed by atoms with E-state index in [1.54, 1.807) is 0 Å². The Hall–Kier alpha value is -1.82. The van der Waals surface area contributed by atoms with Gasteiger partial charge < -0.3 is 0 Å². The van der Waals surface area contributed by atoms with Crippen LogP contribution in [0.25, 0.3) is 0 Å². The average molecular weight is 888 g/mol. The van der Waals surface area contributed by atoms with Crippen molar-refractivity contribution in [3.05, 3.63) is 70.8 Å². The summed E-state index contributed by atoms with van der Waals surface area (Å²) in [6.45, 7) is 11.4. The van der Waals surface area contributed by atoms with E-state index in [2.05, 4.69) is 83.2 Å². The molecule has 0 unspecified atom stereocenters. The first-order valence-electron chi connectivity index (χ1n) is 25.2. The van der Waals surface area contributed by atoms with E-state index in [4.69, 9.17) is 9.98 Å². The minimum atomic E-state index is 0. The maximum atomic E-state index is 5.14. The molecule has 0 saturated heterocycles. The maximum absolute atomic E-state index is 5.14. The van der Waals surface area contributed by atoms with Crippen molar-refractivity contribution >= 4 is 23.3 Å². The van der Waals surface area contributed by atoms with Crippen LogP contribution in [0.2, 0.25) is 0 Å². The quantitative estimate of drug-likeness (QED) is 0.0365. The molecule has 0 bridgehead atoms. The minimum Gasteiger partial charge on any atom is -0.255 e. The summed E-state index contributed by atoms with van der Waals surface area (Å²) in [5.74, 6) is 0. The molecule has 0 aliphatic rings. The predicted molar refractivity (Wildman–Crippen MR) is 259 cm³/mol. The number of aliphatic imine (C=N–C) groups is 2. The van der Waals surface area contributed by atoms with Crippen molar-refractivity contribution in [3.63, 3.8) is 0 Å². The molecule has 0 amide bonds. The predicted octanol–water partition coefficient (Wildman–Crippen LogP) is 18.7. The zero-order valence-corrected chi connectivity index (χ0v) is 40.5. The molecule has 332 valence electrons. The third kappa shape index (κ3) is 27.8. The molecule has 0 radical (unpaired) electrons. The molecule has 0 heterocycles. The minimum absolute atomic E-state index is 0. The van der Waals surface area contributed by atoms with Gasteiger partial charge >= 0.3 is 0 Å². The number of rotatable bonds is 38. The van der Waals surface area contributed by atoms with Crippen molar-refractivity contribution in [2.75, 3.05) is 0 Å². The zero-order valence-electron chi connectivity index (χ0n) is 38.9. The van der Waals surface area contributed by atoms with Gasteiger partial charge in [0, 0.05) is 20.4 Å². The van der Waals surface area contributed by atoms with E-state index in [0.29, 0.717) is 0 Å². The van der Waals surface area contributed by atoms with Crippen LogP contribution in [0.4, 0.5) is 11.4 Å². The van der Waals surface area contributed by atoms with E-state index < -0.39 is 0 Å². The van der Waals surface area contributed by atoms with Crippen LogP contribution in [0.15, 0.2) is 58.5 Å². The summed E-state index contributed by atoms with van der Waals surface area (Å²) in [5, 5.41) is 0. The first-order valence-corrected chi connectivity index (χ1v) is 25.2. The molecular weight excluding hydrogens is 795 g/mol. The second kappa shape index (κ2) is 39.3. The molecule has 58 heavy (non-hydrogen) atoms. The Bertz CT molecular complexity index is 1320. The third-order valence-electron chi connectivity index (χ3n) is 11.8. The van der Waals surface area contributed by atoms with Crippen LogP contribution < -0.4 is 0 Å². The first-order chi connectivity index (χ1) is 28.1. The monoisotopic (exact) mass is 887 g/mol. The van der Waals surface area contributed by atoms with Crippen molar-refractivity contribution in [3.8, 4) is 0 Å². The Morgan fingerprint density at radius 1 is 0.397 bits per heavy atom. The van der Waals surface area contributed by atoms with Gasteiger partial charge in [-0.25, -0.2) is 4.99 Å². The third-order valence-corrected chi connectivity index (χ3v) is 11.8. The number of hydrogen-bond acceptors (Lipinski definition) is 2. The Morgan fingerprint density at radius 2 is 0.741 bits per heavy atom. The van der Waals surface area contributed by atoms with Gasteiger partial charge in [0.2, 0.25) is 0 Å². The second-order valence-corrected chi connectivity index (χ2v) is 17.4. The SMILES string of the molecule is CCCCCCCCCCCCCCCCCCCCCCCCCCCC=CC(C=Nc1ccc(CCC)c(CCC)c1)=Nc1ccc(CCC)c(CCC)c1.[Pd]. The Kier molecular flexibility index (Phi) is 36.7. The Labute approximate surface area is 375 Å². The molecule has 0 atom stereocenters. The molecule has 2 rings (SSSR count). The molecule has 0 spiro atoms. The summed E-state index contributed by atoms with van der Waals surface area (Å²) in [5.41, 5.74) is 8.86. The molecular formula is C55H92N2Pd. The fraction of sp³-hybridized carbons (Fsp3) is 0.709. The number of benzene rings is 2. The van der Waals surface area contributed by atoms with Crippen LogP contribution in [-0.2, 0) is 46.1 Å². The van der Waals surface area contributed by atoms with Gasteiger partial charge in [-0.1, -0.05) is 233 Å². The van der Waals surface area contributed by atoms with Crippen LogP contribution in [0.3, 0.4) is 0 Å². The number of unbranched alkanes of at least 4 members (excludes halogenated alkanes) is 25. The number of hydrogen-bond donors (Lipinski definition) is 0. The van der Waals surface area contributed by atoms with Crippen LogP contribution >= 0.6 is 0 Å². The van der Waals surface area contributed by atoms with Crippen LogP contribution in [-0.4, -0.2) is 11.9 Å². The molecule has 0 aliphatic carbocycles. The fourth-order valence-electron chi connectivity index (χ4n) is 8.41. The molecule has 2 nitrogen and oxygen atoms in total. The summed E-state index contributed by atoms with van der Waals surface area (Å²) in [4.78, 5) is 10.1. The van der Waals surface area contributed by atoms with Gasteiger partial charge in [-0.05, 0) is 91.1 Å². The normalized spacial score (nSPS) is 12.0. The standard InChI is InChI=1S/C55H92N2.Pd/c1-6-11-12-13-14-15-16-17-18-19-20-21-22-23-24-25-26-27-28-29-30-31-32-33-34-35-36-41-55(57-54-45-43-50(38-8-3)52(47-54)40-10-5)48-56-53-44-42-49(37-7-2)51(46-53)39-9-4;/h36,41-48H,6-35,37-40H2,1-5H3;. The van der Waals surface area contributed by atoms with Gasteiger partial charge in [-0.3, -0.25) is 4.99 Å². The van der Waals surface area contributed by atoms with E-state index in [0.717, 1.165) is 62.0 Å². The molecule has 0 aliphatic heterocycles. The summed E-state index contributed by atoms with van der Waals surface area (Å²) in [6, 6.07) is 13.6. The molecule has 0 saturated carbocycles. The maximum Gasteiger partial charge on any atom is 0.0816 e. The van der Waals surface area contributed by atoms with Crippen LogP contribution in [0.5, 0.6) is 0 Å². The smallest absolute Gasteiger partial charge is 0.0816 e. The molecule has 0 N–H and O–H groups in total. The van der Waals surface area contributed by atoms with Crippen molar-refractivity contribution in [1.29, 1.82) is 0 Å². The average Bonchev–Trinajstić information content (AvgIpc) is 3.21. The van der Waals surface area contributed by atoms with Gasteiger partial charge in [0.25, 0.3) is 0 Å². The van der Waals surface area contributed by atoms with Gasteiger partial charge in [-0.15, -0.1) is 0 Å². The molecule has 3 heteroatoms. The van der Waals surface area contributed by atoms with Crippen molar-refractivity contribution in [1.82, 2.24) is 0 Å². The van der Waals surface area contributed by atoms with Gasteiger partial charge in [-0.2, -0.15) is 0 Å². The molecule has 2 aromatic rings. The van der Waals surface area contributed by atoms with Gasteiger partial charge in [0.05, 0.1) is 23.3 Å². The second-order valence-electron chi connectivity index (χ2n) is 17.4. The Morgan fingerprint density at radius 3 is 1.14 bits per heavy atom. The zero-order chi connectivity index (χ0) is 40.9. The molecule has 0 fully saturated rings. The van der Waals surface area contributed by atoms with Crippen LogP contribution in [0.1, 0.15) is 249 Å². The summed E-state index contributed by atoms with van der Waals surface area (Å²) in [6.07, 6.45) is 52.7.